The van der Waals surface area contributed by atoms with Crippen LogP contribution < -0.4 is 0 Å². The van der Waals surface area contributed by atoms with Crippen LogP contribution in [0.2, 0.25) is 0 Å². The first-order valence-electron chi connectivity index (χ1n) is 5.74. The molecule has 0 radical (unpaired) electrons. The summed E-state index contributed by atoms with van der Waals surface area (Å²) in [6.45, 7) is 0. The van der Waals surface area contributed by atoms with E-state index < -0.39 is 0 Å². The van der Waals surface area contributed by atoms with Crippen LogP contribution >= 0.6 is 0 Å². The number of benzene rings is 2. The van der Waals surface area contributed by atoms with Gasteiger partial charge in [0, 0.05) is 21.7 Å². The Morgan fingerprint density at radius 3 is 2.38 bits per heavy atom. The molecule has 1 N–H and O–H groups in total. The van der Waals surface area contributed by atoms with Gasteiger partial charge in [0.25, 0.3) is 0 Å². The standard InChI is InChI=1S/C14H14OS/c15-13-7-3-6-12-11(13)5-4-8-14(12)16-9-1-2-10-16/h3-8H,1-2,9-10H2/p+1. The molecule has 2 aromatic rings. The van der Waals surface area contributed by atoms with Gasteiger partial charge >= 0.3 is 0 Å². The topological polar surface area (TPSA) is 20.2 Å². The lowest BCUT2D eigenvalue weighted by Gasteiger charge is -2.06. The Labute approximate surface area is 98.5 Å². The second-order valence-electron chi connectivity index (χ2n) is 4.24. The SMILES string of the molecule is Oc1cccc2c([S+]3CCCC3)cccc12. The van der Waals surface area contributed by atoms with E-state index in [1.54, 1.807) is 6.07 Å². The van der Waals surface area contributed by atoms with Crippen molar-refractivity contribution in [2.75, 3.05) is 11.5 Å². The van der Waals surface area contributed by atoms with E-state index in [0.29, 0.717) is 16.6 Å². The molecule has 1 saturated heterocycles. The molecule has 0 aromatic heterocycles. The van der Waals surface area contributed by atoms with Crippen molar-refractivity contribution in [2.24, 2.45) is 0 Å². The maximum Gasteiger partial charge on any atom is 0.162 e. The Bertz CT molecular complexity index is 515. The predicted molar refractivity (Wildman–Crippen MR) is 70.2 cm³/mol. The van der Waals surface area contributed by atoms with Crippen LogP contribution in [-0.4, -0.2) is 16.6 Å². The third-order valence-electron chi connectivity index (χ3n) is 3.20. The van der Waals surface area contributed by atoms with Crippen molar-refractivity contribution in [1.29, 1.82) is 0 Å². The minimum Gasteiger partial charge on any atom is -0.507 e. The van der Waals surface area contributed by atoms with Gasteiger partial charge in [-0.15, -0.1) is 0 Å². The number of phenolic OH excluding ortho intramolecular Hbond substituents is 1. The summed E-state index contributed by atoms with van der Waals surface area (Å²) in [6.07, 6.45) is 2.72. The van der Waals surface area contributed by atoms with Gasteiger partial charge in [-0.1, -0.05) is 18.2 Å². The molecule has 3 rings (SSSR count). The number of aromatic hydroxyl groups is 1. The van der Waals surface area contributed by atoms with Gasteiger partial charge in [-0.05, 0) is 31.0 Å². The molecule has 1 nitrogen and oxygen atoms in total. The summed E-state index contributed by atoms with van der Waals surface area (Å²) >= 11 is 0. The van der Waals surface area contributed by atoms with Crippen molar-refractivity contribution in [1.82, 2.24) is 0 Å². The Balaban J connectivity index is 2.20. The van der Waals surface area contributed by atoms with Crippen LogP contribution in [0.3, 0.4) is 0 Å². The highest BCUT2D eigenvalue weighted by atomic mass is 32.2. The highest BCUT2D eigenvalue weighted by Crippen LogP contribution is 2.33. The summed E-state index contributed by atoms with van der Waals surface area (Å²) < 4.78 is 0. The predicted octanol–water partition coefficient (Wildman–Crippen LogP) is 3.32. The average molecular weight is 231 g/mol. The summed E-state index contributed by atoms with van der Waals surface area (Å²) in [5, 5.41) is 12.1. The fourth-order valence-electron chi connectivity index (χ4n) is 2.39. The van der Waals surface area contributed by atoms with Crippen LogP contribution in [0.15, 0.2) is 41.3 Å². The van der Waals surface area contributed by atoms with E-state index in [2.05, 4.69) is 18.2 Å². The molecule has 1 aliphatic rings. The van der Waals surface area contributed by atoms with Crippen LogP contribution in [0, 0.1) is 0 Å². The van der Waals surface area contributed by atoms with Gasteiger partial charge in [-0.25, -0.2) is 0 Å². The lowest BCUT2D eigenvalue weighted by Crippen LogP contribution is -2.04. The quantitative estimate of drug-likeness (QED) is 0.746. The first-order chi connectivity index (χ1) is 7.86. The number of fused-ring (bicyclic) bond motifs is 1. The van der Waals surface area contributed by atoms with Crippen LogP contribution in [0.4, 0.5) is 0 Å². The minimum atomic E-state index is 0.405. The van der Waals surface area contributed by atoms with Gasteiger partial charge in [0.1, 0.15) is 17.3 Å². The second-order valence-corrected chi connectivity index (χ2v) is 6.48. The minimum absolute atomic E-state index is 0.405. The van der Waals surface area contributed by atoms with Crippen molar-refractivity contribution >= 4 is 21.7 Å². The van der Waals surface area contributed by atoms with E-state index in [4.69, 9.17) is 0 Å². The first-order valence-corrected chi connectivity index (χ1v) is 7.31. The molecular formula is C14H15OS+. The van der Waals surface area contributed by atoms with Gasteiger partial charge in [0.15, 0.2) is 4.90 Å². The number of rotatable bonds is 1. The molecule has 0 saturated carbocycles. The van der Waals surface area contributed by atoms with Gasteiger partial charge < -0.3 is 5.11 Å². The molecule has 0 unspecified atom stereocenters. The fourth-order valence-corrected chi connectivity index (χ4v) is 4.90. The molecule has 1 fully saturated rings. The van der Waals surface area contributed by atoms with Crippen LogP contribution in [0.5, 0.6) is 5.75 Å². The molecule has 16 heavy (non-hydrogen) atoms. The summed E-state index contributed by atoms with van der Waals surface area (Å²) in [5.41, 5.74) is 0. The molecule has 2 aromatic carbocycles. The van der Waals surface area contributed by atoms with Crippen molar-refractivity contribution in [3.63, 3.8) is 0 Å². The van der Waals surface area contributed by atoms with Gasteiger partial charge in [-0.3, -0.25) is 0 Å². The normalized spacial score (nSPS) is 17.0. The fraction of sp³-hybridized carbons (Fsp3) is 0.286. The third-order valence-corrected chi connectivity index (χ3v) is 5.74. The Hall–Kier alpha value is -1.15. The van der Waals surface area contributed by atoms with E-state index in [-0.39, 0.29) is 0 Å². The average Bonchev–Trinajstić information content (AvgIpc) is 2.82. The van der Waals surface area contributed by atoms with Crippen LogP contribution in [-0.2, 0) is 10.9 Å². The summed E-state index contributed by atoms with van der Waals surface area (Å²) in [4.78, 5) is 1.45. The van der Waals surface area contributed by atoms with Crippen molar-refractivity contribution in [3.05, 3.63) is 36.4 Å². The van der Waals surface area contributed by atoms with Gasteiger partial charge in [0.2, 0.25) is 0 Å². The van der Waals surface area contributed by atoms with Gasteiger partial charge in [0.05, 0.1) is 0 Å². The van der Waals surface area contributed by atoms with E-state index >= 15 is 0 Å². The summed E-state index contributed by atoms with van der Waals surface area (Å²) in [5.74, 6) is 3.06. The van der Waals surface area contributed by atoms with Gasteiger partial charge in [-0.2, -0.15) is 0 Å². The molecule has 0 atom stereocenters. The van der Waals surface area contributed by atoms with E-state index in [1.807, 2.05) is 12.1 Å². The molecule has 2 heteroatoms. The molecular weight excluding hydrogens is 216 g/mol. The molecule has 1 heterocycles. The maximum atomic E-state index is 9.84. The van der Waals surface area contributed by atoms with Crippen molar-refractivity contribution in [2.45, 2.75) is 17.7 Å². The first kappa shape index (κ1) is 10.0. The Morgan fingerprint density at radius 1 is 0.875 bits per heavy atom. The Morgan fingerprint density at radius 2 is 1.56 bits per heavy atom. The summed E-state index contributed by atoms with van der Waals surface area (Å²) in [6, 6.07) is 12.2. The highest BCUT2D eigenvalue weighted by molar-refractivity contribution is 7.97. The number of hydrogen-bond acceptors (Lipinski definition) is 1. The van der Waals surface area contributed by atoms with Crippen LogP contribution in [0.1, 0.15) is 12.8 Å². The zero-order valence-corrected chi connectivity index (χ0v) is 9.96. The van der Waals surface area contributed by atoms with E-state index in [1.165, 1.54) is 34.6 Å². The van der Waals surface area contributed by atoms with Crippen LogP contribution in [0.25, 0.3) is 10.8 Å². The van der Waals surface area contributed by atoms with Crippen molar-refractivity contribution in [3.8, 4) is 5.75 Å². The zero-order valence-electron chi connectivity index (χ0n) is 9.15. The summed E-state index contributed by atoms with van der Waals surface area (Å²) in [7, 11) is 0.415. The molecule has 0 spiro atoms. The lowest BCUT2D eigenvalue weighted by molar-refractivity contribution is 0.481. The largest absolute Gasteiger partial charge is 0.507 e. The lowest BCUT2D eigenvalue weighted by atomic mass is 10.1. The highest BCUT2D eigenvalue weighted by Gasteiger charge is 2.28. The smallest absolute Gasteiger partial charge is 0.162 e. The van der Waals surface area contributed by atoms with E-state index in [9.17, 15) is 5.11 Å². The molecule has 0 amide bonds. The second kappa shape index (κ2) is 4.02. The number of phenols is 1. The third kappa shape index (κ3) is 1.57. The zero-order chi connectivity index (χ0) is 11.0. The monoisotopic (exact) mass is 231 g/mol. The molecule has 1 aliphatic heterocycles. The van der Waals surface area contributed by atoms with E-state index in [0.717, 1.165) is 5.39 Å². The Kier molecular flexibility index (Phi) is 2.52. The van der Waals surface area contributed by atoms with Crippen molar-refractivity contribution < 1.29 is 5.11 Å². The molecule has 0 bridgehead atoms. The molecule has 0 aliphatic carbocycles. The number of hydrogen-bond donors (Lipinski definition) is 1. The maximum absolute atomic E-state index is 9.84. The molecule has 82 valence electrons.